The van der Waals surface area contributed by atoms with Crippen molar-refractivity contribution in [1.82, 2.24) is 0 Å². The molecule has 5 heteroatoms. The van der Waals surface area contributed by atoms with Crippen LogP contribution in [0.4, 0.5) is 0 Å². The van der Waals surface area contributed by atoms with Gasteiger partial charge in [-0.1, -0.05) is 18.2 Å². The number of epoxide rings is 1. The molecule has 0 bridgehead atoms. The lowest BCUT2D eigenvalue weighted by Crippen LogP contribution is -2.35. The lowest BCUT2D eigenvalue weighted by molar-refractivity contribution is -0.145. The summed E-state index contributed by atoms with van der Waals surface area (Å²) in [6.45, 7) is 11.5. The van der Waals surface area contributed by atoms with Crippen molar-refractivity contribution in [3.05, 3.63) is 35.5 Å². The van der Waals surface area contributed by atoms with Crippen LogP contribution in [0.1, 0.15) is 47.0 Å². The van der Waals surface area contributed by atoms with Crippen molar-refractivity contribution >= 4 is 11.9 Å². The Hall–Kier alpha value is -1.88. The summed E-state index contributed by atoms with van der Waals surface area (Å²) >= 11 is 0. The van der Waals surface area contributed by atoms with Gasteiger partial charge in [0.15, 0.2) is 0 Å². The van der Waals surface area contributed by atoms with E-state index in [2.05, 4.69) is 13.5 Å². The van der Waals surface area contributed by atoms with E-state index in [9.17, 15) is 9.59 Å². The highest BCUT2D eigenvalue weighted by atomic mass is 16.6. The van der Waals surface area contributed by atoms with Crippen LogP contribution >= 0.6 is 0 Å². The van der Waals surface area contributed by atoms with Gasteiger partial charge in [0.2, 0.25) is 0 Å². The number of fused-ring (bicyclic) bond motifs is 2. The zero-order valence-electron chi connectivity index (χ0n) is 15.3. The molecule has 5 nitrogen and oxygen atoms in total. The summed E-state index contributed by atoms with van der Waals surface area (Å²) < 4.78 is 17.2. The van der Waals surface area contributed by atoms with Gasteiger partial charge in [0.1, 0.15) is 12.2 Å². The summed E-state index contributed by atoms with van der Waals surface area (Å²) in [5.74, 6) is -1.17. The molecule has 25 heavy (non-hydrogen) atoms. The van der Waals surface area contributed by atoms with Crippen molar-refractivity contribution in [3.63, 3.8) is 0 Å². The maximum Gasteiger partial charge on any atom is 0.334 e. The fourth-order valence-corrected chi connectivity index (χ4v) is 3.73. The van der Waals surface area contributed by atoms with Crippen molar-refractivity contribution in [2.24, 2.45) is 5.92 Å². The van der Waals surface area contributed by atoms with E-state index < -0.39 is 12.1 Å². The predicted octanol–water partition coefficient (Wildman–Crippen LogP) is 3.25. The van der Waals surface area contributed by atoms with Gasteiger partial charge in [-0.05, 0) is 46.6 Å². The molecule has 0 aromatic carbocycles. The van der Waals surface area contributed by atoms with Crippen molar-refractivity contribution in [2.75, 3.05) is 0 Å². The first-order chi connectivity index (χ1) is 11.7. The normalized spacial score (nSPS) is 40.3. The second-order valence-corrected chi connectivity index (χ2v) is 7.51. The van der Waals surface area contributed by atoms with Crippen LogP contribution in [0.15, 0.2) is 35.5 Å². The second kappa shape index (κ2) is 6.45. The third kappa shape index (κ3) is 3.43. The van der Waals surface area contributed by atoms with E-state index in [1.165, 1.54) is 0 Å². The first kappa shape index (κ1) is 17.9. The summed E-state index contributed by atoms with van der Waals surface area (Å²) in [5, 5.41) is 0. The molecule has 0 spiro atoms. The smallest absolute Gasteiger partial charge is 0.334 e. The molecule has 0 radical (unpaired) electrons. The molecule has 2 fully saturated rings. The third-order valence-corrected chi connectivity index (χ3v) is 5.57. The summed E-state index contributed by atoms with van der Waals surface area (Å²) in [5.41, 5.74) is 1.74. The zero-order valence-corrected chi connectivity index (χ0v) is 15.3. The SMILES string of the molecule is C=C1C(=O)O[C@H]2C[C@]3(C)O[C@H]3CC/C(C)=C/[C@@H](OC(=O)/C(C)=C\C)[C@H]12. The van der Waals surface area contributed by atoms with E-state index in [4.69, 9.17) is 14.2 Å². The Morgan fingerprint density at radius 2 is 2.20 bits per heavy atom. The molecular formula is C20H26O5. The number of hydrogen-bond acceptors (Lipinski definition) is 5. The second-order valence-electron chi connectivity index (χ2n) is 7.51. The summed E-state index contributed by atoms with van der Waals surface area (Å²) in [7, 11) is 0. The molecule has 0 amide bonds. The minimum Gasteiger partial charge on any atom is -0.458 e. The Morgan fingerprint density at radius 3 is 2.88 bits per heavy atom. The number of carbonyl (C=O) groups is 2. The van der Waals surface area contributed by atoms with Gasteiger partial charge in [-0.2, -0.15) is 0 Å². The monoisotopic (exact) mass is 346 g/mol. The van der Waals surface area contributed by atoms with Crippen molar-refractivity contribution in [2.45, 2.75) is 70.9 Å². The molecule has 0 aromatic rings. The van der Waals surface area contributed by atoms with E-state index in [0.29, 0.717) is 17.6 Å². The predicted molar refractivity (Wildman–Crippen MR) is 92.7 cm³/mol. The van der Waals surface area contributed by atoms with Crippen LogP contribution in [-0.4, -0.2) is 35.9 Å². The van der Waals surface area contributed by atoms with E-state index in [1.54, 1.807) is 19.9 Å². The maximum absolute atomic E-state index is 12.3. The van der Waals surface area contributed by atoms with E-state index in [1.807, 2.05) is 13.0 Å². The van der Waals surface area contributed by atoms with Gasteiger partial charge >= 0.3 is 11.9 Å². The number of rotatable bonds is 2. The van der Waals surface area contributed by atoms with Crippen molar-refractivity contribution in [3.8, 4) is 0 Å². The molecule has 3 aliphatic rings. The minimum atomic E-state index is -0.565. The van der Waals surface area contributed by atoms with Gasteiger partial charge < -0.3 is 14.2 Å². The lowest BCUT2D eigenvalue weighted by atomic mass is 9.83. The summed E-state index contributed by atoms with van der Waals surface area (Å²) in [6, 6.07) is 0. The molecular weight excluding hydrogens is 320 g/mol. The fraction of sp³-hybridized carbons (Fsp3) is 0.600. The first-order valence-corrected chi connectivity index (χ1v) is 8.84. The van der Waals surface area contributed by atoms with Crippen LogP contribution in [0.5, 0.6) is 0 Å². The van der Waals surface area contributed by atoms with Crippen LogP contribution < -0.4 is 0 Å². The van der Waals surface area contributed by atoms with Crippen LogP contribution in [0.25, 0.3) is 0 Å². The molecule has 0 unspecified atom stereocenters. The first-order valence-electron chi connectivity index (χ1n) is 8.84. The van der Waals surface area contributed by atoms with Crippen molar-refractivity contribution in [1.29, 1.82) is 0 Å². The average Bonchev–Trinajstić information content (AvgIpc) is 3.11. The zero-order chi connectivity index (χ0) is 18.4. The van der Waals surface area contributed by atoms with Gasteiger partial charge in [0.25, 0.3) is 0 Å². The number of hydrogen-bond donors (Lipinski definition) is 0. The molecule has 2 aliphatic heterocycles. The molecule has 136 valence electrons. The molecule has 1 aliphatic carbocycles. The Bertz CT molecular complexity index is 674. The van der Waals surface area contributed by atoms with Crippen LogP contribution in [0.2, 0.25) is 0 Å². The van der Waals surface area contributed by atoms with E-state index >= 15 is 0 Å². The van der Waals surface area contributed by atoms with Crippen LogP contribution in [-0.2, 0) is 23.8 Å². The number of ether oxygens (including phenoxy) is 3. The number of esters is 2. The molecule has 5 atom stereocenters. The molecule has 0 saturated carbocycles. The highest BCUT2D eigenvalue weighted by Gasteiger charge is 2.57. The quantitative estimate of drug-likeness (QED) is 0.332. The Balaban J connectivity index is 1.94. The average molecular weight is 346 g/mol. The molecule has 0 N–H and O–H groups in total. The number of allylic oxidation sites excluding steroid dienone is 2. The van der Waals surface area contributed by atoms with Gasteiger partial charge in [0.05, 0.1) is 17.6 Å². The summed E-state index contributed by atoms with van der Waals surface area (Å²) in [4.78, 5) is 24.4. The minimum absolute atomic E-state index is 0.188. The highest BCUT2D eigenvalue weighted by Crippen LogP contribution is 2.48. The van der Waals surface area contributed by atoms with Gasteiger partial charge in [-0.15, -0.1) is 0 Å². The van der Waals surface area contributed by atoms with E-state index in [-0.39, 0.29) is 29.7 Å². The molecule has 3 rings (SSSR count). The molecule has 2 saturated heterocycles. The molecule has 0 aromatic heterocycles. The van der Waals surface area contributed by atoms with Crippen molar-refractivity contribution < 1.29 is 23.8 Å². The molecule has 2 heterocycles. The highest BCUT2D eigenvalue weighted by molar-refractivity contribution is 5.91. The van der Waals surface area contributed by atoms with Crippen LogP contribution in [0.3, 0.4) is 0 Å². The number of carbonyl (C=O) groups excluding carboxylic acids is 2. The van der Waals surface area contributed by atoms with Gasteiger partial charge in [-0.3, -0.25) is 0 Å². The van der Waals surface area contributed by atoms with Gasteiger partial charge in [0, 0.05) is 17.6 Å². The lowest BCUT2D eigenvalue weighted by Gasteiger charge is -2.27. The fourth-order valence-electron chi connectivity index (χ4n) is 3.73. The standard InChI is InChI=1S/C20H26O5/c1-6-12(3)18(21)23-14-9-11(2)7-8-16-20(5,25-16)10-15-17(14)13(4)19(22)24-15/h6,9,14-17H,4,7-8,10H2,1-3,5H3/b11-9+,12-6-/t14-,15+,16+,17+,20+/m1/s1. The van der Waals surface area contributed by atoms with Crippen LogP contribution in [0, 0.1) is 5.92 Å². The van der Waals surface area contributed by atoms with Gasteiger partial charge in [-0.25, -0.2) is 9.59 Å². The Labute approximate surface area is 148 Å². The Kier molecular flexibility index (Phi) is 4.62. The largest absolute Gasteiger partial charge is 0.458 e. The maximum atomic E-state index is 12.3. The topological polar surface area (TPSA) is 65.1 Å². The Morgan fingerprint density at radius 1 is 1.48 bits per heavy atom. The summed E-state index contributed by atoms with van der Waals surface area (Å²) in [6.07, 6.45) is 5.27. The van der Waals surface area contributed by atoms with E-state index in [0.717, 1.165) is 18.4 Å². The third-order valence-electron chi connectivity index (χ3n) is 5.57.